The fraction of sp³-hybridized carbons (Fsp3) is 0.909. The van der Waals surface area contributed by atoms with E-state index in [2.05, 4.69) is 33.9 Å². The van der Waals surface area contributed by atoms with Crippen LogP contribution in [0.3, 0.4) is 0 Å². The van der Waals surface area contributed by atoms with Gasteiger partial charge in [-0.15, -0.1) is 0 Å². The predicted molar refractivity (Wildman–Crippen MR) is 62.3 cm³/mol. The average Bonchev–Trinajstić information content (AvgIpc) is 2.41. The highest BCUT2D eigenvalue weighted by Crippen LogP contribution is 2.36. The minimum absolute atomic E-state index is 0.0908. The molecule has 0 saturated carbocycles. The van der Waals surface area contributed by atoms with Gasteiger partial charge < -0.3 is 9.16 Å². The van der Waals surface area contributed by atoms with E-state index in [-0.39, 0.29) is 11.6 Å². The Bertz CT molecular complexity index is 302. The lowest BCUT2D eigenvalue weighted by Crippen LogP contribution is -2.42. The molecule has 15 heavy (non-hydrogen) atoms. The van der Waals surface area contributed by atoms with Crippen LogP contribution in [-0.4, -0.2) is 27.0 Å². The van der Waals surface area contributed by atoms with Crippen molar-refractivity contribution in [2.75, 3.05) is 6.61 Å². The van der Waals surface area contributed by atoms with Gasteiger partial charge in [-0.05, 0) is 24.5 Å². The minimum atomic E-state index is -1.88. The van der Waals surface area contributed by atoms with Crippen LogP contribution >= 0.6 is 0 Å². The van der Waals surface area contributed by atoms with Crippen molar-refractivity contribution in [2.45, 2.75) is 57.8 Å². The van der Waals surface area contributed by atoms with Crippen LogP contribution in [-0.2, 0) is 14.0 Å². The van der Waals surface area contributed by atoms with E-state index in [1.54, 1.807) is 0 Å². The maximum atomic E-state index is 11.1. The van der Waals surface area contributed by atoms with E-state index in [0.29, 0.717) is 0 Å². The van der Waals surface area contributed by atoms with Gasteiger partial charge in [0.05, 0.1) is 6.61 Å². The predicted octanol–water partition coefficient (Wildman–Crippen LogP) is 2.71. The number of cyclic esters (lactones) is 1. The van der Waals surface area contributed by atoms with Crippen LogP contribution in [0.25, 0.3) is 0 Å². The molecular formula is C11H22O3Si. The molecule has 1 fully saturated rings. The van der Waals surface area contributed by atoms with E-state index >= 15 is 0 Å². The van der Waals surface area contributed by atoms with E-state index in [0.717, 1.165) is 0 Å². The molecule has 0 radical (unpaired) electrons. The first-order valence-electron chi connectivity index (χ1n) is 6.41. The lowest BCUT2D eigenvalue weighted by molar-refractivity contribution is -0.142. The number of carbonyl (C=O) groups excluding carboxylic acids is 1. The van der Waals surface area contributed by atoms with Crippen molar-refractivity contribution in [3.63, 3.8) is 0 Å². The Labute approximate surface area is 96.1 Å². The van der Waals surface area contributed by atoms with Crippen molar-refractivity contribution >= 4 is 14.3 Å². The minimum Gasteiger partial charge on any atom is -0.460 e. The lowest BCUT2D eigenvalue weighted by Gasteiger charge is -2.36. The van der Waals surface area contributed by atoms with Gasteiger partial charge in [-0.25, -0.2) is 0 Å². The zero-order valence-electron chi connectivity index (χ0n) is 12.2. The van der Waals surface area contributed by atoms with E-state index in [9.17, 15) is 4.79 Å². The standard InChI is InChI=1S/C11H22O3Si/c1-11(2,3)15(4,5)13-8-9-6-7-10(12)14-9/h9H,6-8H2,1-5H3/t9-/m0/s1/i6D,7D/t6-,7+,9-. The molecule has 0 spiro atoms. The van der Waals surface area contributed by atoms with Gasteiger partial charge in [-0.3, -0.25) is 4.79 Å². The van der Waals surface area contributed by atoms with E-state index in [1.165, 1.54) is 0 Å². The number of hydrogen-bond acceptors (Lipinski definition) is 3. The molecule has 0 bridgehead atoms. The Morgan fingerprint density at radius 3 is 2.60 bits per heavy atom. The zero-order valence-corrected chi connectivity index (χ0v) is 11.2. The van der Waals surface area contributed by atoms with Crippen molar-refractivity contribution < 1.29 is 16.7 Å². The fourth-order valence-corrected chi connectivity index (χ4v) is 2.02. The van der Waals surface area contributed by atoms with Crippen molar-refractivity contribution in [3.05, 3.63) is 0 Å². The second-order valence-electron chi connectivity index (χ2n) is 5.41. The first-order chi connectivity index (χ1) is 7.56. The summed E-state index contributed by atoms with van der Waals surface area (Å²) in [6.07, 6.45) is -2.49. The summed E-state index contributed by atoms with van der Waals surface area (Å²) in [5.41, 5.74) is 0. The first kappa shape index (κ1) is 9.84. The Kier molecular flexibility index (Phi) is 2.79. The average molecular weight is 232 g/mol. The topological polar surface area (TPSA) is 35.5 Å². The molecule has 0 N–H and O–H groups in total. The number of esters is 1. The highest BCUT2D eigenvalue weighted by Gasteiger charge is 2.38. The van der Waals surface area contributed by atoms with Crippen molar-refractivity contribution in [1.82, 2.24) is 0 Å². The van der Waals surface area contributed by atoms with Crippen LogP contribution in [0.4, 0.5) is 0 Å². The fourth-order valence-electron chi connectivity index (χ4n) is 1.01. The summed E-state index contributed by atoms with van der Waals surface area (Å²) < 4.78 is 26.0. The van der Waals surface area contributed by atoms with Crippen molar-refractivity contribution in [1.29, 1.82) is 0 Å². The normalized spacial score (nSPS) is 34.7. The molecule has 0 unspecified atom stereocenters. The lowest BCUT2D eigenvalue weighted by atomic mass is 10.2. The molecule has 3 atom stereocenters. The molecule has 88 valence electrons. The molecule has 1 rings (SSSR count). The molecule has 1 heterocycles. The molecule has 3 nitrogen and oxygen atoms in total. The summed E-state index contributed by atoms with van der Waals surface area (Å²) in [5, 5.41) is 0.0908. The van der Waals surface area contributed by atoms with Crippen LogP contribution < -0.4 is 0 Å². The van der Waals surface area contributed by atoms with Gasteiger partial charge in [0.2, 0.25) is 0 Å². The highest BCUT2D eigenvalue weighted by atomic mass is 28.4. The molecule has 1 aliphatic rings. The smallest absolute Gasteiger partial charge is 0.306 e. The van der Waals surface area contributed by atoms with Gasteiger partial charge in [0.15, 0.2) is 8.32 Å². The van der Waals surface area contributed by atoms with Gasteiger partial charge in [0.25, 0.3) is 0 Å². The van der Waals surface area contributed by atoms with Gasteiger partial charge in [0.1, 0.15) is 6.10 Å². The molecule has 0 aromatic rings. The van der Waals surface area contributed by atoms with E-state index in [1.807, 2.05) is 0 Å². The molecular weight excluding hydrogens is 208 g/mol. The Morgan fingerprint density at radius 1 is 1.60 bits per heavy atom. The second-order valence-corrected chi connectivity index (χ2v) is 10.2. The maximum Gasteiger partial charge on any atom is 0.306 e. The third kappa shape index (κ3) is 3.31. The molecule has 0 aromatic carbocycles. The third-order valence-corrected chi connectivity index (χ3v) is 7.63. The molecule has 0 aliphatic carbocycles. The summed E-state index contributed by atoms with van der Waals surface area (Å²) in [6.45, 7) is 10.9. The summed E-state index contributed by atoms with van der Waals surface area (Å²) >= 11 is 0. The van der Waals surface area contributed by atoms with Gasteiger partial charge in [-0.2, -0.15) is 0 Å². The Balaban J connectivity index is 2.55. The molecule has 0 amide bonds. The molecule has 1 aliphatic heterocycles. The zero-order chi connectivity index (χ0) is 13.4. The van der Waals surface area contributed by atoms with Crippen molar-refractivity contribution in [2.24, 2.45) is 0 Å². The van der Waals surface area contributed by atoms with Crippen LogP contribution in [0.5, 0.6) is 0 Å². The maximum absolute atomic E-state index is 11.1. The first-order valence-corrected chi connectivity index (χ1v) is 8.16. The molecule has 0 aromatic heterocycles. The van der Waals surface area contributed by atoms with Crippen LogP contribution in [0.2, 0.25) is 18.1 Å². The Morgan fingerprint density at radius 2 is 2.20 bits per heavy atom. The quantitative estimate of drug-likeness (QED) is 0.554. The largest absolute Gasteiger partial charge is 0.460 e. The monoisotopic (exact) mass is 232 g/mol. The Hall–Kier alpha value is -0.353. The third-order valence-electron chi connectivity index (χ3n) is 3.13. The number of ether oxygens (including phenoxy) is 1. The highest BCUT2D eigenvalue weighted by molar-refractivity contribution is 6.74. The number of carbonyl (C=O) groups is 1. The summed E-state index contributed by atoms with van der Waals surface area (Å²) in [4.78, 5) is 11.1. The van der Waals surface area contributed by atoms with Crippen molar-refractivity contribution in [3.8, 4) is 0 Å². The van der Waals surface area contributed by atoms with Gasteiger partial charge in [0, 0.05) is 9.14 Å². The number of rotatable bonds is 3. The van der Waals surface area contributed by atoms with E-state index < -0.39 is 33.2 Å². The SMILES string of the molecule is [2H][C@@H]1[C@@H](CO[Si](C)(C)C(C)(C)C)OC(=O)[C@@H]1[2H]. The summed E-state index contributed by atoms with van der Waals surface area (Å²) in [6, 6.07) is 0. The van der Waals surface area contributed by atoms with Gasteiger partial charge in [-0.1, -0.05) is 20.8 Å². The molecule has 4 heteroatoms. The summed E-state index contributed by atoms with van der Waals surface area (Å²) in [5.74, 6) is -0.603. The van der Waals surface area contributed by atoms with Crippen LogP contribution in [0.15, 0.2) is 0 Å². The number of hydrogen-bond donors (Lipinski definition) is 0. The van der Waals surface area contributed by atoms with Crippen LogP contribution in [0, 0.1) is 0 Å². The summed E-state index contributed by atoms with van der Waals surface area (Å²) in [7, 11) is -1.88. The van der Waals surface area contributed by atoms with Crippen LogP contribution in [0.1, 0.15) is 36.3 Å². The van der Waals surface area contributed by atoms with Gasteiger partial charge >= 0.3 is 5.97 Å². The van der Waals surface area contributed by atoms with E-state index in [4.69, 9.17) is 11.9 Å². The second kappa shape index (κ2) is 4.26. The molecule has 1 saturated heterocycles.